The Bertz CT molecular complexity index is 324. The molecule has 1 atom stereocenters. The van der Waals surface area contributed by atoms with Gasteiger partial charge in [-0.3, -0.25) is 4.90 Å². The first-order valence-electron chi connectivity index (χ1n) is 5.32. The Morgan fingerprint density at radius 3 is 2.47 bits per heavy atom. The highest BCUT2D eigenvalue weighted by molar-refractivity contribution is 7.09. The van der Waals surface area contributed by atoms with Crippen molar-refractivity contribution in [3.8, 4) is 0 Å². The van der Waals surface area contributed by atoms with Crippen LogP contribution in [-0.2, 0) is 6.54 Å². The van der Waals surface area contributed by atoms with Crippen LogP contribution in [0.1, 0.15) is 18.7 Å². The summed E-state index contributed by atoms with van der Waals surface area (Å²) in [6.07, 6.45) is -6.84. The Morgan fingerprint density at radius 2 is 2.06 bits per heavy atom. The standard InChI is InChI=1S/C11H16F3NOS/c1-8(2)15(6-9-4-3-5-17-9)7-10(16)11(12,13)14/h3-5,8,10,16H,6-7H2,1-2H3. The largest absolute Gasteiger partial charge is 0.415 e. The van der Waals surface area contributed by atoms with Gasteiger partial charge in [0.2, 0.25) is 0 Å². The predicted molar refractivity (Wildman–Crippen MR) is 61.9 cm³/mol. The minimum Gasteiger partial charge on any atom is -0.382 e. The lowest BCUT2D eigenvalue weighted by atomic mass is 10.2. The van der Waals surface area contributed by atoms with Gasteiger partial charge in [-0.2, -0.15) is 13.2 Å². The number of hydrogen-bond acceptors (Lipinski definition) is 3. The molecular formula is C11H16F3NOS. The van der Waals surface area contributed by atoms with Crippen LogP contribution in [0.25, 0.3) is 0 Å². The van der Waals surface area contributed by atoms with Crippen molar-refractivity contribution < 1.29 is 18.3 Å². The summed E-state index contributed by atoms with van der Waals surface area (Å²) in [5.74, 6) is 0. The Labute approximate surface area is 103 Å². The van der Waals surface area contributed by atoms with E-state index in [1.54, 1.807) is 4.90 Å². The van der Waals surface area contributed by atoms with Gasteiger partial charge in [-0.15, -0.1) is 11.3 Å². The second-order valence-corrected chi connectivity index (χ2v) is 5.19. The molecule has 0 bridgehead atoms. The van der Waals surface area contributed by atoms with Crippen LogP contribution < -0.4 is 0 Å². The molecule has 0 fully saturated rings. The molecular weight excluding hydrogens is 251 g/mol. The van der Waals surface area contributed by atoms with E-state index in [1.807, 2.05) is 31.4 Å². The van der Waals surface area contributed by atoms with E-state index in [0.29, 0.717) is 6.54 Å². The zero-order valence-electron chi connectivity index (χ0n) is 9.74. The fourth-order valence-corrected chi connectivity index (χ4v) is 2.12. The highest BCUT2D eigenvalue weighted by Gasteiger charge is 2.39. The van der Waals surface area contributed by atoms with Crippen LogP contribution >= 0.6 is 11.3 Å². The Kier molecular flexibility index (Phi) is 4.97. The van der Waals surface area contributed by atoms with Crippen molar-refractivity contribution in [1.29, 1.82) is 0 Å². The maximum atomic E-state index is 12.3. The number of halogens is 3. The van der Waals surface area contributed by atoms with Gasteiger partial charge in [0.15, 0.2) is 6.10 Å². The van der Waals surface area contributed by atoms with E-state index in [9.17, 15) is 13.2 Å². The molecule has 1 unspecified atom stereocenters. The van der Waals surface area contributed by atoms with Gasteiger partial charge in [0.25, 0.3) is 0 Å². The highest BCUT2D eigenvalue weighted by Crippen LogP contribution is 2.22. The first-order valence-corrected chi connectivity index (χ1v) is 6.20. The van der Waals surface area contributed by atoms with Crippen molar-refractivity contribution in [2.24, 2.45) is 0 Å². The van der Waals surface area contributed by atoms with Crippen LogP contribution in [0, 0.1) is 0 Å². The molecule has 0 saturated carbocycles. The molecule has 6 heteroatoms. The van der Waals surface area contributed by atoms with E-state index in [0.717, 1.165) is 4.88 Å². The topological polar surface area (TPSA) is 23.5 Å². The molecule has 0 saturated heterocycles. The van der Waals surface area contributed by atoms with Gasteiger partial charge in [-0.05, 0) is 25.3 Å². The highest BCUT2D eigenvalue weighted by atomic mass is 32.1. The molecule has 0 amide bonds. The van der Waals surface area contributed by atoms with E-state index in [1.165, 1.54) is 11.3 Å². The third kappa shape index (κ3) is 4.65. The van der Waals surface area contributed by atoms with Gasteiger partial charge in [0, 0.05) is 24.0 Å². The van der Waals surface area contributed by atoms with E-state index >= 15 is 0 Å². The third-order valence-electron chi connectivity index (χ3n) is 2.45. The van der Waals surface area contributed by atoms with Gasteiger partial charge in [0.05, 0.1) is 0 Å². The van der Waals surface area contributed by atoms with Crippen molar-refractivity contribution in [3.05, 3.63) is 22.4 Å². The van der Waals surface area contributed by atoms with Gasteiger partial charge in [-0.1, -0.05) is 6.07 Å². The number of alkyl halides is 3. The minimum absolute atomic E-state index is 0.0471. The Hall–Kier alpha value is -0.590. The van der Waals surface area contributed by atoms with Crippen molar-refractivity contribution >= 4 is 11.3 Å². The van der Waals surface area contributed by atoms with Gasteiger partial charge < -0.3 is 5.11 Å². The number of hydrogen-bond donors (Lipinski definition) is 1. The summed E-state index contributed by atoms with van der Waals surface area (Å²) in [5.41, 5.74) is 0. The van der Waals surface area contributed by atoms with Gasteiger partial charge in [0.1, 0.15) is 0 Å². The SMILES string of the molecule is CC(C)N(Cc1cccs1)CC(O)C(F)(F)F. The van der Waals surface area contributed by atoms with Gasteiger partial charge >= 0.3 is 6.18 Å². The normalized spacial score (nSPS) is 14.6. The van der Waals surface area contributed by atoms with E-state index in [4.69, 9.17) is 5.11 Å². The summed E-state index contributed by atoms with van der Waals surface area (Å²) in [5, 5.41) is 11.0. The maximum absolute atomic E-state index is 12.3. The smallest absolute Gasteiger partial charge is 0.382 e. The van der Waals surface area contributed by atoms with Crippen molar-refractivity contribution in [2.75, 3.05) is 6.54 Å². The van der Waals surface area contributed by atoms with Crippen LogP contribution in [0.3, 0.4) is 0 Å². The van der Waals surface area contributed by atoms with E-state index in [2.05, 4.69) is 0 Å². The van der Waals surface area contributed by atoms with E-state index < -0.39 is 12.3 Å². The first-order chi connectivity index (χ1) is 7.80. The Balaban J connectivity index is 2.61. The zero-order chi connectivity index (χ0) is 13.1. The number of thiophene rings is 1. The first kappa shape index (κ1) is 14.5. The number of rotatable bonds is 5. The fourth-order valence-electron chi connectivity index (χ4n) is 1.39. The zero-order valence-corrected chi connectivity index (χ0v) is 10.6. The number of aliphatic hydroxyl groups is 1. The van der Waals surface area contributed by atoms with Crippen LogP contribution in [-0.4, -0.2) is 34.9 Å². The summed E-state index contributed by atoms with van der Waals surface area (Å²) in [6.45, 7) is 3.68. The minimum atomic E-state index is -4.55. The molecule has 0 aliphatic carbocycles. The molecule has 1 aromatic heterocycles. The predicted octanol–water partition coefficient (Wildman–Crippen LogP) is 2.88. The van der Waals surface area contributed by atoms with Crippen molar-refractivity contribution in [1.82, 2.24) is 4.90 Å². The van der Waals surface area contributed by atoms with Crippen LogP contribution in [0.5, 0.6) is 0 Å². The second-order valence-electron chi connectivity index (χ2n) is 4.16. The van der Waals surface area contributed by atoms with Crippen LogP contribution in [0.2, 0.25) is 0 Å². The van der Waals surface area contributed by atoms with Gasteiger partial charge in [-0.25, -0.2) is 0 Å². The maximum Gasteiger partial charge on any atom is 0.415 e. The molecule has 1 heterocycles. The quantitative estimate of drug-likeness (QED) is 0.886. The summed E-state index contributed by atoms with van der Waals surface area (Å²) >= 11 is 1.50. The van der Waals surface area contributed by atoms with Crippen molar-refractivity contribution in [2.45, 2.75) is 38.7 Å². The molecule has 0 aromatic carbocycles. The monoisotopic (exact) mass is 267 g/mol. The summed E-state index contributed by atoms with van der Waals surface area (Å²) < 4.78 is 36.8. The Morgan fingerprint density at radius 1 is 1.41 bits per heavy atom. The van der Waals surface area contributed by atoms with Crippen LogP contribution in [0.15, 0.2) is 17.5 Å². The second kappa shape index (κ2) is 5.84. The third-order valence-corrected chi connectivity index (χ3v) is 3.32. The lowest BCUT2D eigenvalue weighted by Gasteiger charge is -2.29. The summed E-state index contributed by atoms with van der Waals surface area (Å²) in [6, 6.07) is 3.69. The summed E-state index contributed by atoms with van der Waals surface area (Å²) in [4.78, 5) is 2.61. The average Bonchev–Trinajstić information content (AvgIpc) is 2.67. The number of aliphatic hydroxyl groups excluding tert-OH is 1. The molecule has 17 heavy (non-hydrogen) atoms. The lowest BCUT2D eigenvalue weighted by Crippen LogP contribution is -2.43. The molecule has 1 N–H and O–H groups in total. The van der Waals surface area contributed by atoms with Crippen molar-refractivity contribution in [3.63, 3.8) is 0 Å². The van der Waals surface area contributed by atoms with E-state index in [-0.39, 0.29) is 12.6 Å². The average molecular weight is 267 g/mol. The molecule has 1 rings (SSSR count). The molecule has 0 aliphatic heterocycles. The van der Waals surface area contributed by atoms with Crippen LogP contribution in [0.4, 0.5) is 13.2 Å². The number of nitrogens with zero attached hydrogens (tertiary/aromatic N) is 1. The molecule has 0 aliphatic rings. The molecule has 1 aromatic rings. The molecule has 0 radical (unpaired) electrons. The molecule has 98 valence electrons. The lowest BCUT2D eigenvalue weighted by molar-refractivity contribution is -0.209. The fraction of sp³-hybridized carbons (Fsp3) is 0.636. The molecule has 0 spiro atoms. The molecule has 2 nitrogen and oxygen atoms in total. The summed E-state index contributed by atoms with van der Waals surface area (Å²) in [7, 11) is 0.